The number of carbonyl (C=O) groups is 1. The van der Waals surface area contributed by atoms with E-state index in [-0.39, 0.29) is 24.2 Å². The van der Waals surface area contributed by atoms with Crippen LogP contribution in [0.1, 0.15) is 24.4 Å². The van der Waals surface area contributed by atoms with Gasteiger partial charge in [0.25, 0.3) is 0 Å². The van der Waals surface area contributed by atoms with Crippen LogP contribution in [0.4, 0.5) is 5.69 Å². The average molecular weight is 331 g/mol. The third-order valence-corrected chi connectivity index (χ3v) is 4.35. The van der Waals surface area contributed by atoms with Crippen LogP contribution in [0.3, 0.4) is 0 Å². The largest absolute Gasteiger partial charge is 0.508 e. The molecule has 0 aromatic heterocycles. The minimum atomic E-state index is 0.0700. The molecule has 3 rings (SSSR count). The van der Waals surface area contributed by atoms with Gasteiger partial charge in [-0.2, -0.15) is 0 Å². The molecule has 4 nitrogen and oxygen atoms in total. The topological polar surface area (TPSA) is 52.6 Å². The molecule has 1 amide bonds. The van der Waals surface area contributed by atoms with Gasteiger partial charge in [-0.15, -0.1) is 0 Å². The fourth-order valence-electron chi connectivity index (χ4n) is 2.99. The molecule has 0 aliphatic carbocycles. The highest BCUT2D eigenvalue weighted by molar-refractivity contribution is 6.30. The van der Waals surface area contributed by atoms with Crippen molar-refractivity contribution in [2.24, 2.45) is 0 Å². The van der Waals surface area contributed by atoms with Crippen molar-refractivity contribution < 1.29 is 9.90 Å². The molecule has 120 valence electrons. The van der Waals surface area contributed by atoms with Gasteiger partial charge in [0.05, 0.1) is 12.6 Å². The molecule has 1 aliphatic heterocycles. The Balaban J connectivity index is 1.65. The number of phenols is 1. The molecule has 1 atom stereocenters. The van der Waals surface area contributed by atoms with Crippen molar-refractivity contribution in [2.45, 2.75) is 18.9 Å². The van der Waals surface area contributed by atoms with E-state index in [4.69, 9.17) is 11.6 Å². The second-order valence-corrected chi connectivity index (χ2v) is 6.14. The van der Waals surface area contributed by atoms with Crippen LogP contribution in [-0.2, 0) is 4.79 Å². The fraction of sp³-hybridized carbons (Fsp3) is 0.278. The van der Waals surface area contributed by atoms with E-state index in [0.717, 1.165) is 30.6 Å². The third-order valence-electron chi connectivity index (χ3n) is 4.12. The minimum Gasteiger partial charge on any atom is -0.508 e. The summed E-state index contributed by atoms with van der Waals surface area (Å²) in [6, 6.07) is 14.5. The van der Waals surface area contributed by atoms with Gasteiger partial charge in [0.2, 0.25) is 5.91 Å². The maximum Gasteiger partial charge on any atom is 0.242 e. The number of rotatable bonds is 4. The first-order chi connectivity index (χ1) is 11.1. The third kappa shape index (κ3) is 3.77. The first-order valence-corrected chi connectivity index (χ1v) is 8.09. The number of halogens is 1. The van der Waals surface area contributed by atoms with E-state index in [0.29, 0.717) is 5.02 Å². The number of phenolic OH excluding ortho intramolecular Hbond substituents is 1. The van der Waals surface area contributed by atoms with Crippen LogP contribution in [0.2, 0.25) is 5.02 Å². The zero-order valence-electron chi connectivity index (χ0n) is 12.7. The molecule has 2 aromatic rings. The van der Waals surface area contributed by atoms with Gasteiger partial charge < -0.3 is 15.3 Å². The molecule has 1 unspecified atom stereocenters. The predicted octanol–water partition coefficient (Wildman–Crippen LogP) is 3.82. The highest BCUT2D eigenvalue weighted by Gasteiger charge is 2.29. The molecule has 0 radical (unpaired) electrons. The summed E-state index contributed by atoms with van der Waals surface area (Å²) in [6.45, 7) is 1.01. The maximum atomic E-state index is 12.5. The Kier molecular flexibility index (Phi) is 4.72. The monoisotopic (exact) mass is 330 g/mol. The maximum absolute atomic E-state index is 12.5. The molecule has 5 heteroatoms. The lowest BCUT2D eigenvalue weighted by Gasteiger charge is -2.25. The van der Waals surface area contributed by atoms with Gasteiger partial charge in [0.15, 0.2) is 0 Å². The predicted molar refractivity (Wildman–Crippen MR) is 91.7 cm³/mol. The quantitative estimate of drug-likeness (QED) is 0.896. The minimum absolute atomic E-state index is 0.0700. The van der Waals surface area contributed by atoms with E-state index in [1.807, 2.05) is 29.2 Å². The summed E-state index contributed by atoms with van der Waals surface area (Å²) in [5, 5.41) is 13.2. The van der Waals surface area contributed by atoms with Gasteiger partial charge in [-0.05, 0) is 48.7 Å². The number of anilines is 1. The molecule has 1 heterocycles. The Bertz CT molecular complexity index is 688. The summed E-state index contributed by atoms with van der Waals surface area (Å²) in [6.07, 6.45) is 1.95. The number of benzene rings is 2. The lowest BCUT2D eigenvalue weighted by Crippen LogP contribution is -2.35. The molecule has 2 N–H and O–H groups in total. The van der Waals surface area contributed by atoms with Crippen LogP contribution in [0.5, 0.6) is 5.75 Å². The summed E-state index contributed by atoms with van der Waals surface area (Å²) in [7, 11) is 0. The normalized spacial score (nSPS) is 17.3. The Morgan fingerprint density at radius 3 is 2.78 bits per heavy atom. The lowest BCUT2D eigenvalue weighted by atomic mass is 10.0. The summed E-state index contributed by atoms with van der Waals surface area (Å²) >= 11 is 5.95. The molecule has 0 spiro atoms. The number of nitrogens with zero attached hydrogens (tertiary/aromatic N) is 1. The molecular formula is C18H19ClN2O2. The molecule has 23 heavy (non-hydrogen) atoms. The van der Waals surface area contributed by atoms with Crippen molar-refractivity contribution in [2.75, 3.05) is 18.4 Å². The number of likely N-dealkylation sites (tertiary alicyclic amines) is 1. The number of nitrogens with one attached hydrogen (secondary N) is 1. The number of aromatic hydroxyl groups is 1. The lowest BCUT2D eigenvalue weighted by molar-refractivity contribution is -0.130. The van der Waals surface area contributed by atoms with E-state index in [1.54, 1.807) is 24.3 Å². The van der Waals surface area contributed by atoms with E-state index < -0.39 is 0 Å². The van der Waals surface area contributed by atoms with E-state index in [9.17, 15) is 9.90 Å². The van der Waals surface area contributed by atoms with Crippen molar-refractivity contribution >= 4 is 23.2 Å². The molecule has 1 fully saturated rings. The Morgan fingerprint density at radius 1 is 1.26 bits per heavy atom. The standard InChI is InChI=1S/C18H19ClN2O2/c19-14-3-1-4-15(11-14)20-12-18(23)21-10-2-5-17(21)13-6-8-16(22)9-7-13/h1,3-4,6-9,11,17,20,22H,2,5,10,12H2. The number of carbonyl (C=O) groups excluding carboxylic acids is 1. The first kappa shape index (κ1) is 15.7. The van der Waals surface area contributed by atoms with Crippen LogP contribution in [0, 0.1) is 0 Å². The van der Waals surface area contributed by atoms with Crippen molar-refractivity contribution in [3.05, 3.63) is 59.1 Å². The molecule has 1 aliphatic rings. The second kappa shape index (κ2) is 6.92. The Morgan fingerprint density at radius 2 is 2.04 bits per heavy atom. The first-order valence-electron chi connectivity index (χ1n) is 7.71. The molecule has 1 saturated heterocycles. The number of hydrogen-bond donors (Lipinski definition) is 2. The van der Waals surface area contributed by atoms with Crippen molar-refractivity contribution in [3.63, 3.8) is 0 Å². The summed E-state index contributed by atoms with van der Waals surface area (Å²) in [5.74, 6) is 0.313. The summed E-state index contributed by atoms with van der Waals surface area (Å²) in [4.78, 5) is 14.4. The van der Waals surface area contributed by atoms with Crippen LogP contribution >= 0.6 is 11.6 Å². The van der Waals surface area contributed by atoms with Crippen LogP contribution in [-0.4, -0.2) is 29.0 Å². The number of amides is 1. The fourth-order valence-corrected chi connectivity index (χ4v) is 3.18. The molecule has 2 aromatic carbocycles. The van der Waals surface area contributed by atoms with Crippen molar-refractivity contribution in [3.8, 4) is 5.75 Å². The van der Waals surface area contributed by atoms with E-state index in [1.165, 1.54) is 0 Å². The smallest absolute Gasteiger partial charge is 0.242 e. The van der Waals surface area contributed by atoms with Gasteiger partial charge in [-0.3, -0.25) is 4.79 Å². The zero-order valence-corrected chi connectivity index (χ0v) is 13.5. The SMILES string of the molecule is O=C(CNc1cccc(Cl)c1)N1CCCC1c1ccc(O)cc1. The van der Waals surface area contributed by atoms with Gasteiger partial charge in [-0.25, -0.2) is 0 Å². The Hall–Kier alpha value is -2.20. The summed E-state index contributed by atoms with van der Waals surface area (Å²) in [5.41, 5.74) is 1.91. The molecule has 0 saturated carbocycles. The van der Waals surface area contributed by atoms with E-state index in [2.05, 4.69) is 5.32 Å². The number of hydrogen-bond acceptors (Lipinski definition) is 3. The van der Waals surface area contributed by atoms with Crippen molar-refractivity contribution in [1.29, 1.82) is 0 Å². The Labute approximate surface area is 140 Å². The van der Waals surface area contributed by atoms with Gasteiger partial charge in [-0.1, -0.05) is 29.8 Å². The highest BCUT2D eigenvalue weighted by atomic mass is 35.5. The van der Waals surface area contributed by atoms with Gasteiger partial charge >= 0.3 is 0 Å². The average Bonchev–Trinajstić information content (AvgIpc) is 3.03. The van der Waals surface area contributed by atoms with E-state index >= 15 is 0 Å². The van der Waals surface area contributed by atoms with Crippen LogP contribution in [0.15, 0.2) is 48.5 Å². The van der Waals surface area contributed by atoms with Crippen molar-refractivity contribution in [1.82, 2.24) is 4.90 Å². The second-order valence-electron chi connectivity index (χ2n) is 5.70. The molecular weight excluding hydrogens is 312 g/mol. The van der Waals surface area contributed by atoms with Gasteiger partial charge in [0.1, 0.15) is 5.75 Å². The summed E-state index contributed by atoms with van der Waals surface area (Å²) < 4.78 is 0. The van der Waals surface area contributed by atoms with Crippen LogP contribution < -0.4 is 5.32 Å². The van der Waals surface area contributed by atoms with Crippen LogP contribution in [0.25, 0.3) is 0 Å². The van der Waals surface area contributed by atoms with Gasteiger partial charge in [0, 0.05) is 17.3 Å². The zero-order chi connectivity index (χ0) is 16.2. The molecule has 0 bridgehead atoms. The highest BCUT2D eigenvalue weighted by Crippen LogP contribution is 2.32.